The van der Waals surface area contributed by atoms with Gasteiger partial charge in [0.05, 0.1) is 19.0 Å². The van der Waals surface area contributed by atoms with Crippen LogP contribution in [0.15, 0.2) is 43.0 Å². The van der Waals surface area contributed by atoms with Gasteiger partial charge in [0.15, 0.2) is 5.82 Å². The summed E-state index contributed by atoms with van der Waals surface area (Å²) in [5, 5.41) is 7.32. The summed E-state index contributed by atoms with van der Waals surface area (Å²) < 4.78 is 7.92. The number of hydrogen-bond acceptors (Lipinski definition) is 5. The van der Waals surface area contributed by atoms with Gasteiger partial charge in [-0.3, -0.25) is 10.00 Å². The Kier molecular flexibility index (Phi) is 5.48. The van der Waals surface area contributed by atoms with Gasteiger partial charge in [-0.15, -0.1) is 0 Å². The fourth-order valence-corrected chi connectivity index (χ4v) is 3.60. The van der Waals surface area contributed by atoms with Crippen molar-refractivity contribution in [3.63, 3.8) is 0 Å². The minimum atomic E-state index is 0.314. The Balaban J connectivity index is 1.27. The molecule has 1 saturated heterocycles. The third-order valence-electron chi connectivity index (χ3n) is 4.97. The van der Waals surface area contributed by atoms with E-state index in [4.69, 9.17) is 4.74 Å². The van der Waals surface area contributed by atoms with E-state index in [0.717, 1.165) is 49.9 Å². The Morgan fingerprint density at radius 3 is 2.89 bits per heavy atom. The quantitative estimate of drug-likeness (QED) is 0.620. The molecule has 27 heavy (non-hydrogen) atoms. The molecule has 0 bridgehead atoms. The molecule has 0 radical (unpaired) electrons. The van der Waals surface area contributed by atoms with Crippen LogP contribution in [0, 0.1) is 6.92 Å². The van der Waals surface area contributed by atoms with Gasteiger partial charge >= 0.3 is 0 Å². The second-order valence-electron chi connectivity index (χ2n) is 7.05. The monoisotopic (exact) mass is 366 g/mol. The van der Waals surface area contributed by atoms with E-state index in [1.54, 1.807) is 6.20 Å². The van der Waals surface area contributed by atoms with E-state index < -0.39 is 0 Å². The van der Waals surface area contributed by atoms with Gasteiger partial charge in [0.2, 0.25) is 0 Å². The van der Waals surface area contributed by atoms with E-state index in [2.05, 4.69) is 53.9 Å². The molecule has 0 aliphatic carbocycles. The maximum absolute atomic E-state index is 5.85. The lowest BCUT2D eigenvalue weighted by Gasteiger charge is -2.22. The Bertz CT molecular complexity index is 827. The van der Waals surface area contributed by atoms with Crippen LogP contribution in [0.4, 0.5) is 0 Å². The van der Waals surface area contributed by atoms with Gasteiger partial charge in [-0.05, 0) is 50.4 Å². The zero-order valence-electron chi connectivity index (χ0n) is 15.7. The number of aromatic nitrogens is 5. The van der Waals surface area contributed by atoms with Crippen molar-refractivity contribution < 1.29 is 4.74 Å². The number of rotatable bonds is 8. The topological polar surface area (TPSA) is 71.9 Å². The number of benzene rings is 1. The van der Waals surface area contributed by atoms with Gasteiger partial charge in [0.1, 0.15) is 11.6 Å². The van der Waals surface area contributed by atoms with Gasteiger partial charge in [0, 0.05) is 25.5 Å². The zero-order valence-corrected chi connectivity index (χ0v) is 15.7. The molecule has 0 unspecified atom stereocenters. The maximum Gasteiger partial charge on any atom is 0.167 e. The maximum atomic E-state index is 5.85. The fourth-order valence-electron chi connectivity index (χ4n) is 3.60. The summed E-state index contributed by atoms with van der Waals surface area (Å²) in [6.45, 7) is 5.58. The third kappa shape index (κ3) is 4.54. The highest BCUT2D eigenvalue weighted by atomic mass is 16.5. The molecule has 0 amide bonds. The molecule has 0 saturated carbocycles. The van der Waals surface area contributed by atoms with Crippen LogP contribution < -0.4 is 4.74 Å². The number of aromatic amines is 1. The van der Waals surface area contributed by atoms with E-state index in [1.165, 1.54) is 12.0 Å². The molecule has 1 aliphatic heterocycles. The van der Waals surface area contributed by atoms with E-state index in [1.807, 2.05) is 19.4 Å². The van der Waals surface area contributed by atoms with E-state index in [9.17, 15) is 0 Å². The zero-order chi connectivity index (χ0) is 18.5. The number of nitrogens with zero attached hydrogens (tertiary/aromatic N) is 5. The standard InChI is InChI=1S/C20H26N6O/c1-16-22-20(24-23-16)19-4-2-11-26(19)14-17-5-7-18(8-6-17)27-13-3-10-25-12-9-21-15-25/h5-9,12,15,19H,2-4,10-11,13-14H2,1H3,(H,22,23,24)/t19-/m0/s1. The fraction of sp³-hybridized carbons (Fsp3) is 0.450. The normalized spacial score (nSPS) is 17.4. The van der Waals surface area contributed by atoms with Crippen LogP contribution in [0.5, 0.6) is 5.75 Å². The SMILES string of the molecule is Cc1nc([C@@H]2CCCN2Cc2ccc(OCCCn3ccnc3)cc2)n[nH]1. The molecule has 1 atom stereocenters. The number of aryl methyl sites for hydroxylation is 2. The molecule has 1 N–H and O–H groups in total. The molecule has 1 aliphatic rings. The first kappa shape index (κ1) is 17.7. The number of nitrogens with one attached hydrogen (secondary N) is 1. The van der Waals surface area contributed by atoms with Crippen LogP contribution in [-0.4, -0.2) is 42.8 Å². The van der Waals surface area contributed by atoms with Gasteiger partial charge in [-0.25, -0.2) is 9.97 Å². The summed E-state index contributed by atoms with van der Waals surface area (Å²) in [5.41, 5.74) is 1.29. The van der Waals surface area contributed by atoms with Gasteiger partial charge < -0.3 is 9.30 Å². The van der Waals surface area contributed by atoms with Crippen molar-refractivity contribution in [1.82, 2.24) is 29.6 Å². The first-order chi connectivity index (χ1) is 13.3. The first-order valence-corrected chi connectivity index (χ1v) is 9.58. The van der Waals surface area contributed by atoms with Gasteiger partial charge in [0.25, 0.3) is 0 Å². The highest BCUT2D eigenvalue weighted by Crippen LogP contribution is 2.31. The number of hydrogen-bond donors (Lipinski definition) is 1. The summed E-state index contributed by atoms with van der Waals surface area (Å²) >= 11 is 0. The average molecular weight is 366 g/mol. The van der Waals surface area contributed by atoms with Crippen molar-refractivity contribution in [2.75, 3.05) is 13.2 Å². The molecule has 4 rings (SSSR count). The second kappa shape index (κ2) is 8.35. The largest absolute Gasteiger partial charge is 0.494 e. The molecule has 7 nitrogen and oxygen atoms in total. The summed E-state index contributed by atoms with van der Waals surface area (Å²) in [5.74, 6) is 2.72. The van der Waals surface area contributed by atoms with Crippen LogP contribution in [-0.2, 0) is 13.1 Å². The van der Waals surface area contributed by atoms with Crippen molar-refractivity contribution >= 4 is 0 Å². The smallest absolute Gasteiger partial charge is 0.167 e. The lowest BCUT2D eigenvalue weighted by molar-refractivity contribution is 0.240. The van der Waals surface area contributed by atoms with Crippen molar-refractivity contribution in [3.8, 4) is 5.75 Å². The highest BCUT2D eigenvalue weighted by Gasteiger charge is 2.28. The number of imidazole rings is 1. The Morgan fingerprint density at radius 1 is 1.26 bits per heavy atom. The lowest BCUT2D eigenvalue weighted by Crippen LogP contribution is -2.23. The molecule has 0 spiro atoms. The van der Waals surface area contributed by atoms with Crippen molar-refractivity contribution in [2.24, 2.45) is 0 Å². The molecule has 2 aromatic heterocycles. The molecular formula is C20H26N6O. The average Bonchev–Trinajstić information content (AvgIpc) is 3.42. The Morgan fingerprint density at radius 2 is 2.15 bits per heavy atom. The second-order valence-corrected chi connectivity index (χ2v) is 7.05. The van der Waals surface area contributed by atoms with E-state index in [-0.39, 0.29) is 0 Å². The number of ether oxygens (including phenoxy) is 1. The van der Waals surface area contributed by atoms with Gasteiger partial charge in [-0.2, -0.15) is 5.10 Å². The van der Waals surface area contributed by atoms with E-state index in [0.29, 0.717) is 12.6 Å². The molecule has 1 fully saturated rings. The van der Waals surface area contributed by atoms with Crippen molar-refractivity contribution in [1.29, 1.82) is 0 Å². The lowest BCUT2D eigenvalue weighted by atomic mass is 10.1. The summed E-state index contributed by atoms with van der Waals surface area (Å²) in [7, 11) is 0. The first-order valence-electron chi connectivity index (χ1n) is 9.58. The summed E-state index contributed by atoms with van der Waals surface area (Å²) in [6, 6.07) is 8.76. The van der Waals surface area contributed by atoms with Crippen LogP contribution >= 0.6 is 0 Å². The van der Waals surface area contributed by atoms with Crippen LogP contribution in [0.1, 0.15) is 42.5 Å². The van der Waals surface area contributed by atoms with Gasteiger partial charge in [-0.1, -0.05) is 12.1 Å². The minimum absolute atomic E-state index is 0.314. The predicted octanol–water partition coefficient (Wildman–Crippen LogP) is 3.12. The Hall–Kier alpha value is -2.67. The highest BCUT2D eigenvalue weighted by molar-refractivity contribution is 5.27. The summed E-state index contributed by atoms with van der Waals surface area (Å²) in [6.07, 6.45) is 8.88. The van der Waals surface area contributed by atoms with Crippen LogP contribution in [0.2, 0.25) is 0 Å². The van der Waals surface area contributed by atoms with Crippen molar-refractivity contribution in [3.05, 3.63) is 60.2 Å². The predicted molar refractivity (Wildman–Crippen MR) is 102 cm³/mol. The van der Waals surface area contributed by atoms with E-state index >= 15 is 0 Å². The minimum Gasteiger partial charge on any atom is -0.494 e. The number of likely N-dealkylation sites (tertiary alicyclic amines) is 1. The molecule has 1 aromatic carbocycles. The molecule has 142 valence electrons. The molecule has 3 aromatic rings. The van der Waals surface area contributed by atoms with Crippen molar-refractivity contribution in [2.45, 2.75) is 45.3 Å². The Labute approximate surface area is 159 Å². The molecule has 7 heteroatoms. The van der Waals surface area contributed by atoms with Crippen LogP contribution in [0.3, 0.4) is 0 Å². The number of H-pyrrole nitrogens is 1. The van der Waals surface area contributed by atoms with Crippen LogP contribution in [0.25, 0.3) is 0 Å². The third-order valence-corrected chi connectivity index (χ3v) is 4.97. The summed E-state index contributed by atoms with van der Waals surface area (Å²) in [4.78, 5) is 11.0. The molecule has 3 heterocycles. The molecular weight excluding hydrogens is 340 g/mol.